The van der Waals surface area contributed by atoms with E-state index in [-0.39, 0.29) is 0 Å². The normalized spacial score (nSPS) is 9.60. The van der Waals surface area contributed by atoms with Crippen molar-refractivity contribution in [3.05, 3.63) is 35.4 Å². The smallest absolute Gasteiger partial charge is 0.287 e. The first-order chi connectivity index (χ1) is 7.26. The van der Waals surface area contributed by atoms with Gasteiger partial charge >= 0.3 is 6.03 Å². The summed E-state index contributed by atoms with van der Waals surface area (Å²) in [7, 11) is 0. The molecule has 0 fully saturated rings. The summed E-state index contributed by atoms with van der Waals surface area (Å²) in [4.78, 5) is 10.5. The molecule has 1 aromatic rings. The Hall–Kier alpha value is -2.39. The second kappa shape index (κ2) is 5.36. The molecule has 3 N–H and O–H groups in total. The van der Waals surface area contributed by atoms with Gasteiger partial charge in [0.1, 0.15) is 0 Å². The Bertz CT molecular complexity index is 405. The van der Waals surface area contributed by atoms with Crippen molar-refractivity contribution in [3.63, 3.8) is 0 Å². The first-order valence-corrected chi connectivity index (χ1v) is 3.99. The van der Waals surface area contributed by atoms with Crippen LogP contribution in [0.4, 0.5) is 4.79 Å². The highest BCUT2D eigenvalue weighted by Crippen LogP contribution is 2.00. The SMILES string of the molecule is N#Cc1ccc(/C=N/NC(=O)NO)cc1. The van der Waals surface area contributed by atoms with Crippen molar-refractivity contribution < 1.29 is 10.0 Å². The Labute approximate surface area is 85.8 Å². The summed E-state index contributed by atoms with van der Waals surface area (Å²) in [6.45, 7) is 0. The maximum atomic E-state index is 10.5. The van der Waals surface area contributed by atoms with Crippen molar-refractivity contribution in [3.8, 4) is 6.07 Å². The van der Waals surface area contributed by atoms with E-state index in [1.165, 1.54) is 11.7 Å². The van der Waals surface area contributed by atoms with Gasteiger partial charge in [-0.15, -0.1) is 0 Å². The molecule has 0 aromatic heterocycles. The summed E-state index contributed by atoms with van der Waals surface area (Å²) in [5.41, 5.74) is 4.65. The summed E-state index contributed by atoms with van der Waals surface area (Å²) in [6.07, 6.45) is 1.39. The van der Waals surface area contributed by atoms with Gasteiger partial charge in [-0.1, -0.05) is 12.1 Å². The zero-order valence-corrected chi connectivity index (χ0v) is 7.64. The van der Waals surface area contributed by atoms with Gasteiger partial charge in [0.15, 0.2) is 0 Å². The van der Waals surface area contributed by atoms with E-state index in [0.29, 0.717) is 5.56 Å². The number of nitrogens with zero attached hydrogens (tertiary/aromatic N) is 2. The van der Waals surface area contributed by atoms with Crippen molar-refractivity contribution in [2.24, 2.45) is 5.10 Å². The van der Waals surface area contributed by atoms with Gasteiger partial charge < -0.3 is 0 Å². The van der Waals surface area contributed by atoms with E-state index >= 15 is 0 Å². The lowest BCUT2D eigenvalue weighted by atomic mass is 10.2. The maximum absolute atomic E-state index is 10.5. The first-order valence-electron chi connectivity index (χ1n) is 3.99. The Morgan fingerprint density at radius 3 is 2.67 bits per heavy atom. The zero-order chi connectivity index (χ0) is 11.1. The molecule has 0 aliphatic heterocycles. The van der Waals surface area contributed by atoms with E-state index < -0.39 is 6.03 Å². The fraction of sp³-hybridized carbons (Fsp3) is 0. The van der Waals surface area contributed by atoms with Crippen LogP contribution in [0.2, 0.25) is 0 Å². The number of carbonyl (C=O) groups is 1. The summed E-state index contributed by atoms with van der Waals surface area (Å²) < 4.78 is 0. The van der Waals surface area contributed by atoms with Gasteiger partial charge in [0, 0.05) is 0 Å². The van der Waals surface area contributed by atoms with Crippen molar-refractivity contribution in [1.82, 2.24) is 10.9 Å². The van der Waals surface area contributed by atoms with Crippen LogP contribution in [-0.2, 0) is 0 Å². The number of amides is 2. The van der Waals surface area contributed by atoms with Crippen molar-refractivity contribution >= 4 is 12.2 Å². The molecule has 0 heterocycles. The Kier molecular flexibility index (Phi) is 3.82. The van der Waals surface area contributed by atoms with Gasteiger partial charge in [-0.3, -0.25) is 5.21 Å². The number of rotatable bonds is 2. The van der Waals surface area contributed by atoms with Crippen molar-refractivity contribution in [1.29, 1.82) is 5.26 Å². The summed E-state index contributed by atoms with van der Waals surface area (Å²) in [5.74, 6) is 0. The number of hydrogen-bond donors (Lipinski definition) is 3. The molecule has 6 nitrogen and oxygen atoms in total. The molecular formula is C9H8N4O2. The molecule has 76 valence electrons. The van der Waals surface area contributed by atoms with Gasteiger partial charge in [0.05, 0.1) is 17.8 Å². The Morgan fingerprint density at radius 2 is 2.13 bits per heavy atom. The Morgan fingerprint density at radius 1 is 1.47 bits per heavy atom. The van der Waals surface area contributed by atoms with E-state index in [4.69, 9.17) is 10.5 Å². The van der Waals surface area contributed by atoms with Crippen LogP contribution in [0.1, 0.15) is 11.1 Å². The average Bonchev–Trinajstić information content (AvgIpc) is 2.29. The maximum Gasteiger partial charge on any atom is 0.358 e. The van der Waals surface area contributed by atoms with Crippen LogP contribution in [0.5, 0.6) is 0 Å². The van der Waals surface area contributed by atoms with Gasteiger partial charge in [0.25, 0.3) is 0 Å². The molecule has 0 unspecified atom stereocenters. The molecule has 0 saturated heterocycles. The molecule has 1 aromatic carbocycles. The van der Waals surface area contributed by atoms with E-state index in [9.17, 15) is 4.79 Å². The predicted molar refractivity (Wildman–Crippen MR) is 52.2 cm³/mol. The second-order valence-electron chi connectivity index (χ2n) is 2.54. The highest BCUT2D eigenvalue weighted by Gasteiger charge is 1.92. The standard InChI is InChI=1S/C9H8N4O2/c10-5-7-1-3-8(4-2-7)6-11-12-9(14)13-15/h1-4,6,15H,(H2,12,13,14)/b11-6+. The monoisotopic (exact) mass is 204 g/mol. The minimum absolute atomic E-state index is 0.549. The number of benzene rings is 1. The van der Waals surface area contributed by atoms with Gasteiger partial charge in [-0.25, -0.2) is 15.7 Å². The summed E-state index contributed by atoms with van der Waals surface area (Å²) in [5, 5.41) is 20.2. The quantitative estimate of drug-likeness (QED) is 0.373. The van der Waals surface area contributed by atoms with E-state index in [1.54, 1.807) is 24.3 Å². The highest BCUT2D eigenvalue weighted by molar-refractivity contribution is 5.81. The number of hydrogen-bond acceptors (Lipinski definition) is 4. The molecule has 1 rings (SSSR count). The number of nitriles is 1. The van der Waals surface area contributed by atoms with Crippen molar-refractivity contribution in [2.45, 2.75) is 0 Å². The molecular weight excluding hydrogens is 196 g/mol. The second-order valence-corrected chi connectivity index (χ2v) is 2.54. The minimum Gasteiger partial charge on any atom is -0.287 e. The molecule has 6 heteroatoms. The molecule has 2 amide bonds. The van der Waals surface area contributed by atoms with Crippen LogP contribution in [0.25, 0.3) is 0 Å². The van der Waals surface area contributed by atoms with Crippen molar-refractivity contribution in [2.75, 3.05) is 0 Å². The summed E-state index contributed by atoms with van der Waals surface area (Å²) >= 11 is 0. The van der Waals surface area contributed by atoms with Crippen LogP contribution < -0.4 is 10.9 Å². The molecule has 0 bridgehead atoms. The lowest BCUT2D eigenvalue weighted by Gasteiger charge is -1.95. The topological polar surface area (TPSA) is 97.5 Å². The fourth-order valence-corrected chi connectivity index (χ4v) is 0.834. The minimum atomic E-state index is -0.820. The number of carbonyl (C=O) groups excluding carboxylic acids is 1. The van der Waals surface area contributed by atoms with E-state index in [0.717, 1.165) is 5.56 Å². The number of nitrogens with one attached hydrogen (secondary N) is 2. The zero-order valence-electron chi connectivity index (χ0n) is 7.64. The van der Waals surface area contributed by atoms with Gasteiger partial charge in [-0.05, 0) is 17.7 Å². The third-order valence-corrected chi connectivity index (χ3v) is 1.52. The molecule has 0 aliphatic rings. The molecule has 0 aliphatic carbocycles. The van der Waals surface area contributed by atoms with Crippen LogP contribution in [0, 0.1) is 11.3 Å². The van der Waals surface area contributed by atoms with Gasteiger partial charge in [0.2, 0.25) is 0 Å². The third-order valence-electron chi connectivity index (χ3n) is 1.52. The first kappa shape index (κ1) is 10.7. The Balaban J connectivity index is 2.58. The molecule has 0 atom stereocenters. The lowest BCUT2D eigenvalue weighted by molar-refractivity contribution is 0.162. The number of urea groups is 1. The van der Waals surface area contributed by atoms with E-state index in [1.807, 2.05) is 11.5 Å². The van der Waals surface area contributed by atoms with Gasteiger partial charge in [-0.2, -0.15) is 10.4 Å². The fourth-order valence-electron chi connectivity index (χ4n) is 0.834. The highest BCUT2D eigenvalue weighted by atomic mass is 16.5. The summed E-state index contributed by atoms with van der Waals surface area (Å²) in [6, 6.07) is 7.79. The third kappa shape index (κ3) is 3.46. The van der Waals surface area contributed by atoms with E-state index in [2.05, 4.69) is 5.10 Å². The lowest BCUT2D eigenvalue weighted by Crippen LogP contribution is -2.29. The molecule has 15 heavy (non-hydrogen) atoms. The molecule has 0 radical (unpaired) electrons. The van der Waals surface area contributed by atoms with Crippen LogP contribution >= 0.6 is 0 Å². The molecule has 0 saturated carbocycles. The number of hydrazone groups is 1. The van der Waals surface area contributed by atoms with Crippen LogP contribution in [-0.4, -0.2) is 17.5 Å². The largest absolute Gasteiger partial charge is 0.358 e. The van der Waals surface area contributed by atoms with Crippen LogP contribution in [0.3, 0.4) is 0 Å². The van der Waals surface area contributed by atoms with Crippen LogP contribution in [0.15, 0.2) is 29.4 Å². The average molecular weight is 204 g/mol. The predicted octanol–water partition coefficient (Wildman–Crippen LogP) is 0.581. The number of hydroxylamine groups is 1. The molecule has 0 spiro atoms.